The molecule has 2 aromatic rings. The molecule has 1 aliphatic heterocycles. The number of amides is 1. The van der Waals surface area contributed by atoms with Gasteiger partial charge in [-0.15, -0.1) is 0 Å². The number of carbonyl (C=O) groups excluding carboxylic acids is 1. The number of ether oxygens (including phenoxy) is 1. The van der Waals surface area contributed by atoms with Crippen molar-refractivity contribution in [2.24, 2.45) is 5.41 Å². The van der Waals surface area contributed by atoms with Crippen molar-refractivity contribution in [2.75, 3.05) is 32.8 Å². The Labute approximate surface area is 160 Å². The molecule has 1 aromatic heterocycles. The van der Waals surface area contributed by atoms with Crippen LogP contribution >= 0.6 is 0 Å². The zero-order valence-corrected chi connectivity index (χ0v) is 15.8. The standard InChI is InChI=1S/C22H28N2O3/c1-2-11-26-19-13-17(14-20-18(19)6-12-27-20)21(25)23-15-22(7-8-22)16-24-9-4-3-5-10-24/h2,6,12-14H,1,3-5,7-11,15-16H2,(H,23,25). The van der Waals surface area contributed by atoms with Crippen molar-refractivity contribution >= 4 is 16.9 Å². The summed E-state index contributed by atoms with van der Waals surface area (Å²) >= 11 is 0. The van der Waals surface area contributed by atoms with Gasteiger partial charge in [0.05, 0.1) is 11.6 Å². The van der Waals surface area contributed by atoms with E-state index in [0.29, 0.717) is 23.5 Å². The van der Waals surface area contributed by atoms with E-state index in [-0.39, 0.29) is 11.3 Å². The second kappa shape index (κ2) is 7.77. The summed E-state index contributed by atoms with van der Waals surface area (Å²) in [4.78, 5) is 15.3. The second-order valence-electron chi connectivity index (χ2n) is 7.93. The van der Waals surface area contributed by atoms with Gasteiger partial charge in [-0.2, -0.15) is 0 Å². The van der Waals surface area contributed by atoms with E-state index in [2.05, 4.69) is 16.8 Å². The molecule has 27 heavy (non-hydrogen) atoms. The summed E-state index contributed by atoms with van der Waals surface area (Å²) in [7, 11) is 0. The first-order chi connectivity index (χ1) is 13.2. The zero-order chi connectivity index (χ0) is 18.7. The summed E-state index contributed by atoms with van der Waals surface area (Å²) in [5, 5.41) is 4.02. The summed E-state index contributed by atoms with van der Waals surface area (Å²) in [5.74, 6) is 0.586. The number of fused-ring (bicyclic) bond motifs is 1. The van der Waals surface area contributed by atoms with Gasteiger partial charge in [-0.1, -0.05) is 19.1 Å². The van der Waals surface area contributed by atoms with Gasteiger partial charge in [0.2, 0.25) is 0 Å². The quantitative estimate of drug-likeness (QED) is 0.716. The van der Waals surface area contributed by atoms with Gasteiger partial charge in [0.15, 0.2) is 0 Å². The third-order valence-electron chi connectivity index (χ3n) is 5.74. The Kier molecular flexibility index (Phi) is 5.21. The largest absolute Gasteiger partial charge is 0.489 e. The lowest BCUT2D eigenvalue weighted by molar-refractivity contribution is 0.0935. The fourth-order valence-corrected chi connectivity index (χ4v) is 3.97. The number of hydrogen-bond donors (Lipinski definition) is 1. The average Bonchev–Trinajstić information content (AvgIpc) is 3.28. The van der Waals surface area contributed by atoms with Gasteiger partial charge in [-0.25, -0.2) is 0 Å². The Morgan fingerprint density at radius 1 is 1.30 bits per heavy atom. The number of hydrogen-bond acceptors (Lipinski definition) is 4. The van der Waals surface area contributed by atoms with Crippen LogP contribution in [0.5, 0.6) is 5.75 Å². The summed E-state index contributed by atoms with van der Waals surface area (Å²) in [5.41, 5.74) is 1.51. The normalized spacial score (nSPS) is 19.0. The molecule has 2 fully saturated rings. The maximum Gasteiger partial charge on any atom is 0.251 e. The molecular formula is C22H28N2O3. The minimum atomic E-state index is -0.0679. The van der Waals surface area contributed by atoms with Crippen LogP contribution < -0.4 is 10.1 Å². The third kappa shape index (κ3) is 4.19. The average molecular weight is 368 g/mol. The molecule has 0 spiro atoms. The fraction of sp³-hybridized carbons (Fsp3) is 0.500. The van der Waals surface area contributed by atoms with Crippen LogP contribution in [0, 0.1) is 5.41 Å². The van der Waals surface area contributed by atoms with E-state index in [1.807, 2.05) is 6.07 Å². The van der Waals surface area contributed by atoms with Crippen LogP contribution in [-0.4, -0.2) is 43.6 Å². The Hall–Kier alpha value is -2.27. The van der Waals surface area contributed by atoms with Crippen molar-refractivity contribution < 1.29 is 13.9 Å². The van der Waals surface area contributed by atoms with Gasteiger partial charge < -0.3 is 19.4 Å². The van der Waals surface area contributed by atoms with E-state index in [9.17, 15) is 4.79 Å². The van der Waals surface area contributed by atoms with Crippen LogP contribution in [0.25, 0.3) is 11.0 Å². The summed E-state index contributed by atoms with van der Waals surface area (Å²) in [6.45, 7) is 8.33. The smallest absolute Gasteiger partial charge is 0.251 e. The highest BCUT2D eigenvalue weighted by molar-refractivity contribution is 5.99. The Morgan fingerprint density at radius 3 is 2.85 bits per heavy atom. The number of nitrogens with one attached hydrogen (secondary N) is 1. The molecule has 1 saturated heterocycles. The van der Waals surface area contributed by atoms with E-state index >= 15 is 0 Å². The first-order valence-corrected chi connectivity index (χ1v) is 9.95. The lowest BCUT2D eigenvalue weighted by Gasteiger charge is -2.30. The van der Waals surface area contributed by atoms with Crippen molar-refractivity contribution in [1.29, 1.82) is 0 Å². The van der Waals surface area contributed by atoms with Crippen LogP contribution in [0.1, 0.15) is 42.5 Å². The highest BCUT2D eigenvalue weighted by Gasteiger charge is 2.44. The lowest BCUT2D eigenvalue weighted by Crippen LogP contribution is -2.40. The number of piperidine rings is 1. The Morgan fingerprint density at radius 2 is 2.11 bits per heavy atom. The predicted molar refractivity (Wildman–Crippen MR) is 106 cm³/mol. The van der Waals surface area contributed by atoms with Crippen molar-refractivity contribution in [1.82, 2.24) is 10.2 Å². The number of likely N-dealkylation sites (tertiary alicyclic amines) is 1. The molecule has 4 rings (SSSR count). The first kappa shape index (κ1) is 18.1. The van der Waals surface area contributed by atoms with Gasteiger partial charge in [0.1, 0.15) is 17.9 Å². The van der Waals surface area contributed by atoms with Crippen molar-refractivity contribution in [3.8, 4) is 5.75 Å². The van der Waals surface area contributed by atoms with E-state index < -0.39 is 0 Å². The maximum absolute atomic E-state index is 12.8. The van der Waals surface area contributed by atoms with E-state index in [0.717, 1.165) is 18.5 Å². The molecule has 0 radical (unpaired) electrons. The highest BCUT2D eigenvalue weighted by atomic mass is 16.5. The molecule has 2 aliphatic rings. The lowest BCUT2D eigenvalue weighted by atomic mass is 10.0. The van der Waals surface area contributed by atoms with Crippen LogP contribution in [0.15, 0.2) is 41.5 Å². The number of carbonyl (C=O) groups is 1. The van der Waals surface area contributed by atoms with E-state index in [4.69, 9.17) is 9.15 Å². The Bertz CT molecular complexity index is 816. The number of nitrogens with zero attached hydrogens (tertiary/aromatic N) is 1. The van der Waals surface area contributed by atoms with Crippen LogP contribution in [0.2, 0.25) is 0 Å². The molecule has 1 saturated carbocycles. The second-order valence-corrected chi connectivity index (χ2v) is 7.93. The molecule has 1 aliphatic carbocycles. The zero-order valence-electron chi connectivity index (χ0n) is 15.8. The number of benzene rings is 1. The molecule has 5 heteroatoms. The van der Waals surface area contributed by atoms with Crippen molar-refractivity contribution in [3.05, 3.63) is 42.7 Å². The molecule has 5 nitrogen and oxygen atoms in total. The topological polar surface area (TPSA) is 54.7 Å². The van der Waals surface area contributed by atoms with Gasteiger partial charge >= 0.3 is 0 Å². The van der Waals surface area contributed by atoms with Gasteiger partial charge in [-0.3, -0.25) is 4.79 Å². The minimum Gasteiger partial charge on any atom is -0.489 e. The van der Waals surface area contributed by atoms with Crippen molar-refractivity contribution in [2.45, 2.75) is 32.1 Å². The molecule has 0 atom stereocenters. The number of rotatable bonds is 8. The molecule has 1 amide bonds. The summed E-state index contributed by atoms with van der Waals surface area (Å²) < 4.78 is 11.2. The minimum absolute atomic E-state index is 0.0679. The molecular weight excluding hydrogens is 340 g/mol. The predicted octanol–water partition coefficient (Wildman–Crippen LogP) is 3.99. The molecule has 1 N–H and O–H groups in total. The van der Waals surface area contributed by atoms with Crippen LogP contribution in [0.3, 0.4) is 0 Å². The van der Waals surface area contributed by atoms with Crippen molar-refractivity contribution in [3.63, 3.8) is 0 Å². The summed E-state index contributed by atoms with van der Waals surface area (Å²) in [6.07, 6.45) is 9.67. The highest BCUT2D eigenvalue weighted by Crippen LogP contribution is 2.46. The van der Waals surface area contributed by atoms with Crippen LogP contribution in [0.4, 0.5) is 0 Å². The van der Waals surface area contributed by atoms with Gasteiger partial charge in [0.25, 0.3) is 5.91 Å². The van der Waals surface area contributed by atoms with Gasteiger partial charge in [0, 0.05) is 24.1 Å². The molecule has 0 unspecified atom stereocenters. The van der Waals surface area contributed by atoms with E-state index in [1.54, 1.807) is 24.5 Å². The summed E-state index contributed by atoms with van der Waals surface area (Å²) in [6, 6.07) is 5.43. The maximum atomic E-state index is 12.8. The first-order valence-electron chi connectivity index (χ1n) is 9.95. The Balaban J connectivity index is 1.41. The van der Waals surface area contributed by atoms with Gasteiger partial charge in [-0.05, 0) is 57.0 Å². The van der Waals surface area contributed by atoms with Crippen LogP contribution in [-0.2, 0) is 0 Å². The third-order valence-corrected chi connectivity index (χ3v) is 5.74. The molecule has 144 valence electrons. The monoisotopic (exact) mass is 368 g/mol. The number of furan rings is 1. The molecule has 1 aromatic carbocycles. The SMILES string of the molecule is C=CCOc1cc(C(=O)NCC2(CN3CCCCC3)CC2)cc2occc12. The molecule has 0 bridgehead atoms. The van der Waals surface area contributed by atoms with E-state index in [1.165, 1.54) is 45.2 Å². The fourth-order valence-electron chi connectivity index (χ4n) is 3.97. The molecule has 2 heterocycles.